The number of hydrogen-bond donors (Lipinski definition) is 0. The van der Waals surface area contributed by atoms with Crippen LogP contribution in [0.4, 0.5) is 13.2 Å². The summed E-state index contributed by atoms with van der Waals surface area (Å²) in [6.45, 7) is -0.649. The molecule has 5 nitrogen and oxygen atoms in total. The van der Waals surface area contributed by atoms with Crippen molar-refractivity contribution in [2.24, 2.45) is 0 Å². The fraction of sp³-hybridized carbons (Fsp3) is 0.500. The summed E-state index contributed by atoms with van der Waals surface area (Å²) in [5.41, 5.74) is 0.107. The van der Waals surface area contributed by atoms with Crippen molar-refractivity contribution >= 4 is 5.91 Å². The fourth-order valence-corrected chi connectivity index (χ4v) is 2.25. The lowest BCUT2D eigenvalue weighted by molar-refractivity contribution is -0.233. The predicted molar refractivity (Wildman–Crippen MR) is 71.2 cm³/mol. The molecule has 1 aromatic rings. The molecule has 0 radical (unpaired) electrons. The van der Waals surface area contributed by atoms with E-state index in [0.29, 0.717) is 0 Å². The second-order valence-electron chi connectivity index (χ2n) is 4.69. The molecule has 1 amide bonds. The molecule has 8 heteroatoms. The van der Waals surface area contributed by atoms with Crippen LogP contribution >= 0.6 is 0 Å². The summed E-state index contributed by atoms with van der Waals surface area (Å²) >= 11 is 0. The second kappa shape index (κ2) is 6.43. The van der Waals surface area contributed by atoms with Gasteiger partial charge < -0.3 is 19.1 Å². The first-order chi connectivity index (χ1) is 10.4. The van der Waals surface area contributed by atoms with Crippen molar-refractivity contribution in [3.05, 3.63) is 23.8 Å². The number of nitrogens with zero attached hydrogens (tertiary/aromatic N) is 1. The molecule has 22 heavy (non-hydrogen) atoms. The zero-order chi connectivity index (χ0) is 16.3. The van der Waals surface area contributed by atoms with Gasteiger partial charge in [0.2, 0.25) is 0 Å². The Morgan fingerprint density at radius 2 is 1.86 bits per heavy atom. The van der Waals surface area contributed by atoms with Crippen LogP contribution in [0.2, 0.25) is 0 Å². The Bertz CT molecular complexity index is 525. The molecule has 0 N–H and O–H groups in total. The standard InChI is InChI=1S/C14H16F3NO4/c1-20-9-4-3-5-10(21-2)12(9)13(19)18-6-7-22-11(8-18)14(15,16)17/h3-5,11H,6-8H2,1-2H3/t11-/m0/s1. The topological polar surface area (TPSA) is 48.0 Å². The van der Waals surface area contributed by atoms with Gasteiger partial charge in [0.15, 0.2) is 6.10 Å². The lowest BCUT2D eigenvalue weighted by atomic mass is 10.1. The molecule has 0 unspecified atom stereocenters. The molecular formula is C14H16F3NO4. The molecule has 1 fully saturated rings. The minimum absolute atomic E-state index is 0.0760. The van der Waals surface area contributed by atoms with Crippen LogP contribution in [0.25, 0.3) is 0 Å². The lowest BCUT2D eigenvalue weighted by Gasteiger charge is -2.34. The number of carbonyl (C=O) groups is 1. The highest BCUT2D eigenvalue weighted by atomic mass is 19.4. The summed E-state index contributed by atoms with van der Waals surface area (Å²) < 4.78 is 53.2. The van der Waals surface area contributed by atoms with E-state index in [0.717, 1.165) is 4.90 Å². The molecule has 1 heterocycles. The first-order valence-electron chi connectivity index (χ1n) is 6.57. The smallest absolute Gasteiger partial charge is 0.416 e. The number of benzene rings is 1. The molecule has 2 rings (SSSR count). The third kappa shape index (κ3) is 3.27. The Labute approximate surface area is 125 Å². The van der Waals surface area contributed by atoms with Crippen molar-refractivity contribution in [3.8, 4) is 11.5 Å². The molecule has 1 saturated heterocycles. The summed E-state index contributed by atoms with van der Waals surface area (Å²) in [6.07, 6.45) is -6.49. The van der Waals surface area contributed by atoms with Crippen molar-refractivity contribution in [2.75, 3.05) is 33.9 Å². The van der Waals surface area contributed by atoms with E-state index in [1.54, 1.807) is 18.2 Å². The Morgan fingerprint density at radius 3 is 2.36 bits per heavy atom. The van der Waals surface area contributed by atoms with E-state index in [9.17, 15) is 18.0 Å². The number of methoxy groups -OCH3 is 2. The number of ether oxygens (including phenoxy) is 3. The fourth-order valence-electron chi connectivity index (χ4n) is 2.25. The van der Waals surface area contributed by atoms with Gasteiger partial charge in [-0.25, -0.2) is 0 Å². The SMILES string of the molecule is COc1cccc(OC)c1C(=O)N1CCO[C@H](C(F)(F)F)C1. The molecule has 1 aromatic carbocycles. The number of amides is 1. The van der Waals surface area contributed by atoms with Gasteiger partial charge in [0.1, 0.15) is 17.1 Å². The van der Waals surface area contributed by atoms with Crippen molar-refractivity contribution in [1.29, 1.82) is 0 Å². The van der Waals surface area contributed by atoms with E-state index in [1.807, 2.05) is 0 Å². The van der Waals surface area contributed by atoms with Crippen LogP contribution in [-0.4, -0.2) is 57.0 Å². The van der Waals surface area contributed by atoms with Gasteiger partial charge in [0.25, 0.3) is 5.91 Å². The van der Waals surface area contributed by atoms with Crippen LogP contribution in [0.1, 0.15) is 10.4 Å². The molecule has 0 aromatic heterocycles. The van der Waals surface area contributed by atoms with E-state index in [-0.39, 0.29) is 30.2 Å². The van der Waals surface area contributed by atoms with Crippen molar-refractivity contribution in [2.45, 2.75) is 12.3 Å². The van der Waals surface area contributed by atoms with Crippen molar-refractivity contribution < 1.29 is 32.2 Å². The number of morpholine rings is 1. The van der Waals surface area contributed by atoms with Gasteiger partial charge in [-0.2, -0.15) is 13.2 Å². The Balaban J connectivity index is 2.28. The molecule has 122 valence electrons. The average molecular weight is 319 g/mol. The zero-order valence-corrected chi connectivity index (χ0v) is 12.1. The highest BCUT2D eigenvalue weighted by molar-refractivity contribution is 5.99. The van der Waals surface area contributed by atoms with E-state index >= 15 is 0 Å². The van der Waals surface area contributed by atoms with E-state index in [4.69, 9.17) is 14.2 Å². The molecular weight excluding hydrogens is 303 g/mol. The normalized spacial score (nSPS) is 19.0. The monoisotopic (exact) mass is 319 g/mol. The molecule has 0 spiro atoms. The lowest BCUT2D eigenvalue weighted by Crippen LogP contribution is -2.51. The van der Waals surface area contributed by atoms with E-state index in [2.05, 4.69) is 0 Å². The minimum Gasteiger partial charge on any atom is -0.496 e. The third-order valence-corrected chi connectivity index (χ3v) is 3.36. The maximum absolute atomic E-state index is 12.8. The molecule has 0 bridgehead atoms. The van der Waals surface area contributed by atoms with Gasteiger partial charge >= 0.3 is 6.18 Å². The number of alkyl halides is 3. The number of rotatable bonds is 3. The van der Waals surface area contributed by atoms with Gasteiger partial charge in [-0.1, -0.05) is 6.07 Å². The molecule has 1 aliphatic heterocycles. The van der Waals surface area contributed by atoms with Crippen molar-refractivity contribution in [1.82, 2.24) is 4.90 Å². The van der Waals surface area contributed by atoms with Crippen LogP contribution < -0.4 is 9.47 Å². The summed E-state index contributed by atoms with van der Waals surface area (Å²) in [4.78, 5) is 13.7. The molecule has 0 aliphatic carbocycles. The number of halogens is 3. The molecule has 0 saturated carbocycles. The third-order valence-electron chi connectivity index (χ3n) is 3.36. The van der Waals surface area contributed by atoms with E-state index < -0.39 is 24.7 Å². The average Bonchev–Trinajstić information content (AvgIpc) is 2.52. The highest BCUT2D eigenvalue weighted by Gasteiger charge is 2.44. The van der Waals surface area contributed by atoms with E-state index in [1.165, 1.54) is 14.2 Å². The highest BCUT2D eigenvalue weighted by Crippen LogP contribution is 2.31. The van der Waals surface area contributed by atoms with Gasteiger partial charge in [0.05, 0.1) is 27.4 Å². The summed E-state index contributed by atoms with van der Waals surface area (Å²) in [7, 11) is 2.76. The second-order valence-corrected chi connectivity index (χ2v) is 4.69. The predicted octanol–water partition coefficient (Wildman–Crippen LogP) is 2.11. The number of carbonyl (C=O) groups excluding carboxylic acids is 1. The minimum atomic E-state index is -4.51. The van der Waals surface area contributed by atoms with Gasteiger partial charge in [-0.15, -0.1) is 0 Å². The first kappa shape index (κ1) is 16.4. The van der Waals surface area contributed by atoms with Crippen LogP contribution in [0, 0.1) is 0 Å². The van der Waals surface area contributed by atoms with Crippen LogP contribution in [0.5, 0.6) is 11.5 Å². The Hall–Kier alpha value is -1.96. The summed E-state index contributed by atoms with van der Waals surface area (Å²) in [5.74, 6) is -0.0781. The van der Waals surface area contributed by atoms with Crippen molar-refractivity contribution in [3.63, 3.8) is 0 Å². The number of hydrogen-bond acceptors (Lipinski definition) is 4. The largest absolute Gasteiger partial charge is 0.496 e. The van der Waals surface area contributed by atoms with Gasteiger partial charge in [-0.3, -0.25) is 4.79 Å². The zero-order valence-electron chi connectivity index (χ0n) is 12.1. The summed E-state index contributed by atoms with van der Waals surface area (Å²) in [5, 5.41) is 0. The molecule has 1 aliphatic rings. The maximum atomic E-state index is 12.8. The van der Waals surface area contributed by atoms with Crippen LogP contribution in [-0.2, 0) is 4.74 Å². The quantitative estimate of drug-likeness (QED) is 0.856. The Kier molecular flexibility index (Phi) is 4.80. The first-order valence-corrected chi connectivity index (χ1v) is 6.57. The van der Waals surface area contributed by atoms with Crippen LogP contribution in [0.15, 0.2) is 18.2 Å². The maximum Gasteiger partial charge on any atom is 0.416 e. The van der Waals surface area contributed by atoms with Crippen LogP contribution in [0.3, 0.4) is 0 Å². The van der Waals surface area contributed by atoms with Gasteiger partial charge in [-0.05, 0) is 12.1 Å². The molecule has 1 atom stereocenters. The summed E-state index contributed by atoms with van der Waals surface area (Å²) in [6, 6.07) is 4.74. The van der Waals surface area contributed by atoms with Gasteiger partial charge in [0, 0.05) is 6.54 Å². The Morgan fingerprint density at radius 1 is 1.27 bits per heavy atom.